The highest BCUT2D eigenvalue weighted by atomic mass is 35.5. The van der Waals surface area contributed by atoms with E-state index in [1.54, 1.807) is 0 Å². The van der Waals surface area contributed by atoms with Crippen LogP contribution in [0, 0.1) is 0 Å². The second-order valence-corrected chi connectivity index (χ2v) is 4.42. The molecule has 2 unspecified atom stereocenters. The lowest BCUT2D eigenvalue weighted by Gasteiger charge is -2.06. The molecule has 1 aromatic rings. The van der Waals surface area contributed by atoms with Crippen molar-refractivity contribution >= 4 is 11.6 Å². The van der Waals surface area contributed by atoms with Crippen LogP contribution >= 0.6 is 11.6 Å². The second-order valence-electron chi connectivity index (χ2n) is 3.98. The summed E-state index contributed by atoms with van der Waals surface area (Å²) in [5.41, 5.74) is 1.30. The zero-order valence-electron chi connectivity index (χ0n) is 7.70. The Hall–Kier alpha value is -0.570. The Kier molecular flexibility index (Phi) is 1.84. The Morgan fingerprint density at radius 3 is 2.71 bits per heavy atom. The van der Waals surface area contributed by atoms with Gasteiger partial charge in [0.1, 0.15) is 12.4 Å². The number of halogens is 1. The van der Waals surface area contributed by atoms with Gasteiger partial charge in [-0.3, -0.25) is 0 Å². The summed E-state index contributed by atoms with van der Waals surface area (Å²) < 4.78 is 10.8. The molecule has 1 heterocycles. The van der Waals surface area contributed by atoms with Crippen LogP contribution < -0.4 is 0 Å². The van der Waals surface area contributed by atoms with E-state index < -0.39 is 0 Å². The summed E-state index contributed by atoms with van der Waals surface area (Å²) in [7, 11) is 0. The van der Waals surface area contributed by atoms with Crippen molar-refractivity contribution in [3.05, 3.63) is 34.9 Å². The summed E-state index contributed by atoms with van der Waals surface area (Å²) in [6.07, 6.45) is 1.08. The molecule has 2 nitrogen and oxygen atoms in total. The van der Waals surface area contributed by atoms with E-state index in [1.165, 1.54) is 5.56 Å². The molecule has 14 heavy (non-hydrogen) atoms. The van der Waals surface area contributed by atoms with Gasteiger partial charge in [-0.05, 0) is 24.1 Å². The first-order valence-corrected chi connectivity index (χ1v) is 5.15. The van der Waals surface area contributed by atoms with Gasteiger partial charge in [0.25, 0.3) is 0 Å². The minimum Gasteiger partial charge on any atom is -0.352 e. The van der Waals surface area contributed by atoms with Gasteiger partial charge in [0.2, 0.25) is 0 Å². The molecule has 1 aromatic carbocycles. The quantitative estimate of drug-likeness (QED) is 0.710. The van der Waals surface area contributed by atoms with Gasteiger partial charge < -0.3 is 9.47 Å². The molecule has 0 amide bonds. The van der Waals surface area contributed by atoms with Crippen molar-refractivity contribution in [1.82, 2.24) is 0 Å². The third kappa shape index (κ3) is 1.26. The van der Waals surface area contributed by atoms with E-state index in [2.05, 4.69) is 12.1 Å². The highest BCUT2D eigenvalue weighted by Gasteiger charge is 2.58. The Bertz CT molecular complexity index is 341. The second kappa shape index (κ2) is 2.96. The lowest BCUT2D eigenvalue weighted by Crippen LogP contribution is -2.12. The summed E-state index contributed by atoms with van der Waals surface area (Å²) in [4.78, 5) is 0. The predicted octanol–water partition coefficient (Wildman–Crippen LogP) is 2.57. The smallest absolute Gasteiger partial charge is 0.147 e. The molecule has 1 aliphatic carbocycles. The van der Waals surface area contributed by atoms with Gasteiger partial charge in [-0.1, -0.05) is 23.7 Å². The van der Waals surface area contributed by atoms with E-state index >= 15 is 0 Å². The summed E-state index contributed by atoms with van der Waals surface area (Å²) >= 11 is 5.83. The van der Waals surface area contributed by atoms with Gasteiger partial charge in [0.05, 0.1) is 6.61 Å². The molecule has 1 saturated carbocycles. The van der Waals surface area contributed by atoms with Crippen LogP contribution in [0.4, 0.5) is 0 Å². The van der Waals surface area contributed by atoms with Gasteiger partial charge in [0, 0.05) is 10.9 Å². The first kappa shape index (κ1) is 8.72. The molecular formula is C11H11ClO2. The van der Waals surface area contributed by atoms with E-state index in [0.717, 1.165) is 18.1 Å². The van der Waals surface area contributed by atoms with Crippen molar-refractivity contribution < 1.29 is 9.47 Å². The molecule has 0 bridgehead atoms. The summed E-state index contributed by atoms with van der Waals surface area (Å²) in [6.45, 7) is 1.18. The summed E-state index contributed by atoms with van der Waals surface area (Å²) in [5.74, 6) is 0.502. The Morgan fingerprint density at radius 1 is 1.29 bits per heavy atom. The van der Waals surface area contributed by atoms with Crippen molar-refractivity contribution in [2.75, 3.05) is 13.4 Å². The van der Waals surface area contributed by atoms with E-state index in [4.69, 9.17) is 21.1 Å². The molecule has 1 aliphatic heterocycles. The van der Waals surface area contributed by atoms with Crippen molar-refractivity contribution in [3.8, 4) is 0 Å². The molecule has 2 fully saturated rings. The largest absolute Gasteiger partial charge is 0.352 e. The highest BCUT2D eigenvalue weighted by molar-refractivity contribution is 6.30. The molecule has 1 spiro atoms. The number of rotatable bonds is 1. The average molecular weight is 211 g/mol. The lowest BCUT2D eigenvalue weighted by atomic mass is 10.1. The minimum absolute atomic E-state index is 0.00612. The van der Waals surface area contributed by atoms with E-state index in [-0.39, 0.29) is 5.60 Å². The zero-order chi connectivity index (χ0) is 9.60. The third-order valence-electron chi connectivity index (χ3n) is 3.07. The van der Waals surface area contributed by atoms with Crippen LogP contribution in [0.1, 0.15) is 17.9 Å². The Balaban J connectivity index is 1.82. The van der Waals surface area contributed by atoms with Crippen molar-refractivity contribution in [2.45, 2.75) is 17.9 Å². The maximum atomic E-state index is 5.83. The molecule has 3 heteroatoms. The molecule has 2 atom stereocenters. The molecule has 2 aliphatic rings. The molecule has 0 aromatic heterocycles. The van der Waals surface area contributed by atoms with Crippen molar-refractivity contribution in [1.29, 1.82) is 0 Å². The average Bonchev–Trinajstić information content (AvgIpc) is 2.68. The zero-order valence-corrected chi connectivity index (χ0v) is 8.46. The summed E-state index contributed by atoms with van der Waals surface area (Å²) in [5, 5.41) is 0.784. The topological polar surface area (TPSA) is 18.5 Å². The third-order valence-corrected chi connectivity index (χ3v) is 3.33. The van der Waals surface area contributed by atoms with Crippen molar-refractivity contribution in [2.24, 2.45) is 0 Å². The Morgan fingerprint density at radius 2 is 2.07 bits per heavy atom. The van der Waals surface area contributed by atoms with E-state index in [0.29, 0.717) is 12.7 Å². The number of hydrogen-bond donors (Lipinski definition) is 0. The van der Waals surface area contributed by atoms with Crippen LogP contribution in [0.25, 0.3) is 0 Å². The minimum atomic E-state index is -0.00612. The fourth-order valence-electron chi connectivity index (χ4n) is 2.14. The molecular weight excluding hydrogens is 200 g/mol. The SMILES string of the molecule is Clc1ccc(C2CC23COCO3)cc1. The standard InChI is InChI=1S/C11H11ClO2/c12-9-3-1-8(2-4-9)10-5-11(10)6-13-7-14-11/h1-4,10H,5-7H2. The fourth-order valence-corrected chi connectivity index (χ4v) is 2.26. The van der Waals surface area contributed by atoms with Gasteiger partial charge in [-0.2, -0.15) is 0 Å². The normalized spacial score (nSPS) is 35.1. The lowest BCUT2D eigenvalue weighted by molar-refractivity contribution is 0.0365. The number of hydrogen-bond acceptors (Lipinski definition) is 2. The molecule has 3 rings (SSSR count). The van der Waals surface area contributed by atoms with Crippen LogP contribution in [-0.2, 0) is 9.47 Å². The summed E-state index contributed by atoms with van der Waals surface area (Å²) in [6, 6.07) is 8.00. The van der Waals surface area contributed by atoms with Crippen molar-refractivity contribution in [3.63, 3.8) is 0 Å². The van der Waals surface area contributed by atoms with E-state index in [9.17, 15) is 0 Å². The van der Waals surface area contributed by atoms with Gasteiger partial charge in [-0.25, -0.2) is 0 Å². The monoisotopic (exact) mass is 210 g/mol. The predicted molar refractivity (Wildman–Crippen MR) is 53.4 cm³/mol. The van der Waals surface area contributed by atoms with Gasteiger partial charge >= 0.3 is 0 Å². The first-order valence-electron chi connectivity index (χ1n) is 4.77. The fraction of sp³-hybridized carbons (Fsp3) is 0.455. The van der Waals surface area contributed by atoms with Crippen LogP contribution in [0.5, 0.6) is 0 Å². The van der Waals surface area contributed by atoms with Crippen LogP contribution in [0.3, 0.4) is 0 Å². The maximum absolute atomic E-state index is 5.83. The maximum Gasteiger partial charge on any atom is 0.147 e. The van der Waals surface area contributed by atoms with E-state index in [1.807, 2.05) is 12.1 Å². The van der Waals surface area contributed by atoms with Crippen LogP contribution in [0.15, 0.2) is 24.3 Å². The molecule has 74 valence electrons. The van der Waals surface area contributed by atoms with Gasteiger partial charge in [-0.15, -0.1) is 0 Å². The number of benzene rings is 1. The van der Waals surface area contributed by atoms with Gasteiger partial charge in [0.15, 0.2) is 0 Å². The molecule has 0 radical (unpaired) electrons. The molecule has 1 saturated heterocycles. The van der Waals surface area contributed by atoms with Crippen LogP contribution in [0.2, 0.25) is 5.02 Å². The van der Waals surface area contributed by atoms with Crippen LogP contribution in [-0.4, -0.2) is 19.0 Å². The number of ether oxygens (including phenoxy) is 2. The molecule has 0 N–H and O–H groups in total. The highest BCUT2D eigenvalue weighted by Crippen LogP contribution is 2.56. The first-order chi connectivity index (χ1) is 6.80. The Labute approximate surface area is 87.8 Å².